The summed E-state index contributed by atoms with van der Waals surface area (Å²) in [6, 6.07) is 8.59. The van der Waals surface area contributed by atoms with Crippen LogP contribution in [0.4, 0.5) is 5.69 Å². The molecule has 1 atom stereocenters. The summed E-state index contributed by atoms with van der Waals surface area (Å²) in [5.41, 5.74) is 1.73. The molecule has 0 saturated heterocycles. The standard InChI is InChI=1S/C25H25B4ClN2O5S/c1-12-11-16-18(14-7-9-15(30)10-8-14)17(21(22(33)34)37-23(3,4)5)13(2)19-20(16)31(12)24(26,27)25(28,29)32(19)38(6,35)36/h7-11,21H,1-6H3,(H,33,34)/t21-/m0/s1. The van der Waals surface area contributed by atoms with Crippen LogP contribution in [-0.2, 0) is 24.9 Å². The van der Waals surface area contributed by atoms with Crippen LogP contribution in [0.1, 0.15) is 43.7 Å². The normalized spacial score (nSPS) is 17.5. The molecule has 0 unspecified atom stereocenters. The Hall–Kier alpha value is -2.29. The largest absolute Gasteiger partial charge is 0.479 e. The summed E-state index contributed by atoms with van der Waals surface area (Å²) in [6.45, 7) is 8.52. The van der Waals surface area contributed by atoms with Crippen LogP contribution in [0, 0.1) is 13.8 Å². The third-order valence-electron chi connectivity index (χ3n) is 6.68. The third-order valence-corrected chi connectivity index (χ3v) is 8.08. The number of aliphatic carboxylic acids is 1. The van der Waals surface area contributed by atoms with E-state index >= 15 is 0 Å². The van der Waals surface area contributed by atoms with Crippen molar-refractivity contribution in [3.05, 3.63) is 52.2 Å². The van der Waals surface area contributed by atoms with Gasteiger partial charge in [-0.3, -0.25) is 4.31 Å². The molecular formula is C25H25B4ClN2O5S. The Morgan fingerprint density at radius 1 is 1.08 bits per heavy atom. The summed E-state index contributed by atoms with van der Waals surface area (Å²) in [4.78, 5) is 12.7. The van der Waals surface area contributed by atoms with Crippen molar-refractivity contribution in [1.82, 2.24) is 4.57 Å². The van der Waals surface area contributed by atoms with Crippen LogP contribution in [0.5, 0.6) is 0 Å². The topological polar surface area (TPSA) is 88.8 Å². The number of benzene rings is 2. The van der Waals surface area contributed by atoms with E-state index < -0.39 is 38.4 Å². The van der Waals surface area contributed by atoms with Gasteiger partial charge >= 0.3 is 5.97 Å². The second-order valence-corrected chi connectivity index (χ2v) is 13.0. The summed E-state index contributed by atoms with van der Waals surface area (Å²) >= 11 is 6.16. The summed E-state index contributed by atoms with van der Waals surface area (Å²) < 4.78 is 34.8. The summed E-state index contributed by atoms with van der Waals surface area (Å²) in [6.07, 6.45) is -0.555. The molecule has 38 heavy (non-hydrogen) atoms. The fourth-order valence-corrected chi connectivity index (χ4v) is 6.61. The molecule has 1 aliphatic rings. The molecule has 2 aromatic carbocycles. The van der Waals surface area contributed by atoms with Gasteiger partial charge in [-0.1, -0.05) is 23.7 Å². The molecule has 190 valence electrons. The van der Waals surface area contributed by atoms with Gasteiger partial charge in [0.25, 0.3) is 0 Å². The molecule has 0 bridgehead atoms. The number of anilines is 1. The van der Waals surface area contributed by atoms with Crippen molar-refractivity contribution < 1.29 is 23.1 Å². The lowest BCUT2D eigenvalue weighted by atomic mass is 9.37. The minimum atomic E-state index is -4.18. The Balaban J connectivity index is 2.33. The first-order valence-corrected chi connectivity index (χ1v) is 14.0. The Kier molecular flexibility index (Phi) is 6.70. The molecule has 0 fully saturated rings. The zero-order valence-corrected chi connectivity index (χ0v) is 23.6. The first kappa shape index (κ1) is 28.7. The first-order valence-electron chi connectivity index (χ1n) is 11.7. The zero-order valence-electron chi connectivity index (χ0n) is 22.0. The van der Waals surface area contributed by atoms with E-state index in [-0.39, 0.29) is 16.8 Å². The van der Waals surface area contributed by atoms with Crippen LogP contribution in [0.3, 0.4) is 0 Å². The number of carbonyl (C=O) groups is 1. The summed E-state index contributed by atoms with van der Waals surface area (Å²) in [7, 11) is 21.6. The van der Waals surface area contributed by atoms with Crippen LogP contribution in [0.2, 0.25) is 5.02 Å². The quantitative estimate of drug-likeness (QED) is 0.499. The maximum Gasteiger partial charge on any atom is 0.337 e. The Bertz CT molecular complexity index is 1580. The number of hydrogen-bond donors (Lipinski definition) is 1. The smallest absolute Gasteiger partial charge is 0.337 e. The van der Waals surface area contributed by atoms with E-state index in [9.17, 15) is 18.3 Å². The lowest BCUT2D eigenvalue weighted by molar-refractivity contribution is -0.160. The minimum absolute atomic E-state index is 0.0728. The summed E-state index contributed by atoms with van der Waals surface area (Å²) in [5.74, 6) is -1.26. The minimum Gasteiger partial charge on any atom is -0.479 e. The van der Waals surface area contributed by atoms with E-state index in [2.05, 4.69) is 0 Å². The SMILES string of the molecule is [B]C1([B])N(S(C)(=O)=O)c2c(C)c([C@H](OC(C)(C)C)C(=O)O)c(-c3ccc(Cl)cc3)c3cc(C)n(c23)C1([B])[B]. The highest BCUT2D eigenvalue weighted by molar-refractivity contribution is 7.92. The number of nitrogens with zero attached hydrogens (tertiary/aromatic N) is 2. The number of halogens is 1. The van der Waals surface area contributed by atoms with Crippen LogP contribution in [0.25, 0.3) is 22.0 Å². The fraction of sp³-hybridized carbons (Fsp3) is 0.400. The molecule has 2 heterocycles. The van der Waals surface area contributed by atoms with Gasteiger partial charge < -0.3 is 14.4 Å². The van der Waals surface area contributed by atoms with Crippen molar-refractivity contribution in [2.75, 3.05) is 10.6 Å². The van der Waals surface area contributed by atoms with Gasteiger partial charge in [-0.15, -0.1) is 0 Å². The summed E-state index contributed by atoms with van der Waals surface area (Å²) in [5, 5.41) is 6.96. The molecule has 0 saturated carbocycles. The molecule has 1 aliphatic heterocycles. The molecule has 7 nitrogen and oxygen atoms in total. The molecule has 13 heteroatoms. The number of aryl methyl sites for hydroxylation is 1. The first-order chi connectivity index (χ1) is 17.2. The zero-order chi connectivity index (χ0) is 28.7. The van der Waals surface area contributed by atoms with E-state index in [0.717, 1.165) is 10.6 Å². The van der Waals surface area contributed by atoms with Crippen molar-refractivity contribution >= 4 is 75.6 Å². The maximum atomic E-state index is 13.2. The van der Waals surface area contributed by atoms with Crippen LogP contribution < -0.4 is 4.31 Å². The van der Waals surface area contributed by atoms with Gasteiger partial charge in [0.05, 0.1) is 54.4 Å². The van der Waals surface area contributed by atoms with Crippen molar-refractivity contribution in [1.29, 1.82) is 0 Å². The highest BCUT2D eigenvalue weighted by Gasteiger charge is 2.51. The van der Waals surface area contributed by atoms with Gasteiger partial charge in [0.2, 0.25) is 10.0 Å². The molecule has 0 amide bonds. The van der Waals surface area contributed by atoms with Crippen LogP contribution in [0.15, 0.2) is 30.3 Å². The molecule has 1 N–H and O–H groups in total. The highest BCUT2D eigenvalue weighted by atomic mass is 35.5. The predicted octanol–water partition coefficient (Wildman–Crippen LogP) is 3.24. The van der Waals surface area contributed by atoms with Gasteiger partial charge in [0, 0.05) is 21.7 Å². The number of carboxylic acids is 1. The van der Waals surface area contributed by atoms with E-state index in [1.807, 2.05) is 0 Å². The van der Waals surface area contributed by atoms with Crippen LogP contribution in [-0.4, -0.2) is 72.6 Å². The number of hydrogen-bond acceptors (Lipinski definition) is 4. The number of ether oxygens (including phenoxy) is 1. The van der Waals surface area contributed by atoms with Gasteiger partial charge in [-0.25, -0.2) is 13.2 Å². The van der Waals surface area contributed by atoms with Gasteiger partial charge in [0.1, 0.15) is 0 Å². The number of aromatic nitrogens is 1. The Morgan fingerprint density at radius 3 is 2.11 bits per heavy atom. The Morgan fingerprint density at radius 2 is 1.63 bits per heavy atom. The average Bonchev–Trinajstić information content (AvgIpc) is 3.09. The van der Waals surface area contributed by atoms with Gasteiger partial charge in [-0.2, -0.15) is 0 Å². The lowest BCUT2D eigenvalue weighted by Crippen LogP contribution is -2.70. The number of sulfonamides is 1. The van der Waals surface area contributed by atoms with Crippen molar-refractivity contribution in [3.8, 4) is 11.1 Å². The molecule has 1 aromatic heterocycles. The predicted molar refractivity (Wildman–Crippen MR) is 154 cm³/mol. The van der Waals surface area contributed by atoms with Crippen molar-refractivity contribution in [3.63, 3.8) is 0 Å². The highest BCUT2D eigenvalue weighted by Crippen LogP contribution is 2.52. The Labute approximate surface area is 233 Å². The lowest BCUT2D eigenvalue weighted by Gasteiger charge is -2.57. The average molecular weight is 544 g/mol. The molecule has 4 rings (SSSR count). The number of carboxylic acid groups (broad SMARTS) is 1. The van der Waals surface area contributed by atoms with E-state index in [0.29, 0.717) is 32.7 Å². The van der Waals surface area contributed by atoms with Gasteiger partial charge in [-0.05, 0) is 80.2 Å². The molecule has 8 radical (unpaired) electrons. The second-order valence-electron chi connectivity index (χ2n) is 10.8. The monoisotopic (exact) mass is 544 g/mol. The van der Waals surface area contributed by atoms with E-state index in [4.69, 9.17) is 47.7 Å². The second kappa shape index (κ2) is 8.86. The van der Waals surface area contributed by atoms with E-state index in [1.54, 1.807) is 65.0 Å². The molecule has 0 spiro atoms. The fourth-order valence-electron chi connectivity index (χ4n) is 5.23. The van der Waals surface area contributed by atoms with Crippen LogP contribution >= 0.6 is 11.6 Å². The molecule has 0 aliphatic carbocycles. The van der Waals surface area contributed by atoms with Crippen molar-refractivity contribution in [2.45, 2.75) is 57.0 Å². The maximum absolute atomic E-state index is 13.2. The van der Waals surface area contributed by atoms with E-state index in [1.165, 1.54) is 4.57 Å². The molecule has 3 aromatic rings. The number of rotatable bonds is 5. The molecular weight excluding hydrogens is 519 g/mol. The van der Waals surface area contributed by atoms with Gasteiger partial charge in [0.15, 0.2) is 6.10 Å². The third kappa shape index (κ3) is 4.29. The van der Waals surface area contributed by atoms with Crippen molar-refractivity contribution in [2.24, 2.45) is 0 Å².